The number of nitrogens with one attached hydrogen (secondary N) is 1. The second-order valence-corrected chi connectivity index (χ2v) is 4.65. The van der Waals surface area contributed by atoms with Crippen molar-refractivity contribution in [3.63, 3.8) is 0 Å². The number of rotatable bonds is 4. The second-order valence-electron chi connectivity index (χ2n) is 4.65. The van der Waals surface area contributed by atoms with E-state index < -0.39 is 0 Å². The van der Waals surface area contributed by atoms with E-state index in [0.717, 1.165) is 6.42 Å². The van der Waals surface area contributed by atoms with Gasteiger partial charge in [0.05, 0.1) is 18.3 Å². The summed E-state index contributed by atoms with van der Waals surface area (Å²) < 4.78 is 20.0. The molecule has 2 aromatic rings. The van der Waals surface area contributed by atoms with E-state index in [1.165, 1.54) is 16.8 Å². The van der Waals surface area contributed by atoms with Crippen LogP contribution >= 0.6 is 0 Å². The van der Waals surface area contributed by atoms with Crippen LogP contribution in [-0.4, -0.2) is 39.4 Å². The maximum atomic E-state index is 13.1. The number of halogens is 1. The van der Waals surface area contributed by atoms with Gasteiger partial charge in [-0.3, -0.25) is 0 Å². The number of hydrogen-bond donors (Lipinski definition) is 2. The Bertz CT molecular complexity index is 585. The number of nitrogens with zero attached hydrogens (tertiary/aromatic N) is 3. The Morgan fingerprint density at radius 2 is 2.42 bits per heavy atom. The Morgan fingerprint density at radius 3 is 3.16 bits per heavy atom. The number of fused-ring (bicyclic) bond motifs is 1. The first-order chi connectivity index (χ1) is 9.17. The molecule has 19 heavy (non-hydrogen) atoms. The summed E-state index contributed by atoms with van der Waals surface area (Å²) in [5.41, 5.74) is 6.53. The highest BCUT2D eigenvalue weighted by Gasteiger charge is 2.40. The topological polar surface area (TPSA) is 77.5 Å². The first kappa shape index (κ1) is 12.3. The number of aromatic nitrogens is 3. The first-order valence-corrected chi connectivity index (χ1v) is 6.33. The van der Waals surface area contributed by atoms with Crippen LogP contribution in [0.4, 0.5) is 10.3 Å². The van der Waals surface area contributed by atoms with Crippen LogP contribution in [0.3, 0.4) is 0 Å². The van der Waals surface area contributed by atoms with Gasteiger partial charge in [-0.15, -0.1) is 5.10 Å². The van der Waals surface area contributed by atoms with Gasteiger partial charge in [-0.1, -0.05) is 0 Å². The molecule has 3 unspecified atom stereocenters. The van der Waals surface area contributed by atoms with Gasteiger partial charge in [-0.05, 0) is 25.5 Å². The molecule has 7 heteroatoms. The minimum Gasteiger partial charge on any atom is -0.376 e. The van der Waals surface area contributed by atoms with Crippen LogP contribution < -0.4 is 11.1 Å². The molecule has 1 aliphatic rings. The number of hydrogen-bond acceptors (Lipinski definition) is 5. The minimum absolute atomic E-state index is 0.00205. The molecule has 0 spiro atoms. The summed E-state index contributed by atoms with van der Waals surface area (Å²) in [6, 6.07) is 2.96. The zero-order valence-corrected chi connectivity index (χ0v) is 10.6. The van der Waals surface area contributed by atoms with Crippen LogP contribution in [0.15, 0.2) is 18.3 Å². The highest BCUT2D eigenvalue weighted by Crippen LogP contribution is 2.25. The Balaban J connectivity index is 1.77. The van der Waals surface area contributed by atoms with Gasteiger partial charge in [-0.25, -0.2) is 8.91 Å². The number of pyridine rings is 1. The molecule has 0 saturated heterocycles. The van der Waals surface area contributed by atoms with Gasteiger partial charge in [0, 0.05) is 12.6 Å². The zero-order valence-electron chi connectivity index (χ0n) is 10.6. The maximum Gasteiger partial charge on any atom is 0.243 e. The summed E-state index contributed by atoms with van der Waals surface area (Å²) in [4.78, 5) is 4.27. The molecule has 0 aromatic carbocycles. The molecular formula is C12H16FN5O. The lowest BCUT2D eigenvalue weighted by atomic mass is 9.83. The zero-order chi connectivity index (χ0) is 13.4. The van der Waals surface area contributed by atoms with Gasteiger partial charge in [-0.2, -0.15) is 4.98 Å². The SMILES string of the molecule is CCOC1CC(N)C1Nc1nc2ccc(F)cn2n1. The Morgan fingerprint density at radius 1 is 1.58 bits per heavy atom. The molecule has 2 heterocycles. The van der Waals surface area contributed by atoms with E-state index in [-0.39, 0.29) is 24.0 Å². The molecule has 0 bridgehead atoms. The molecule has 6 nitrogen and oxygen atoms in total. The fraction of sp³-hybridized carbons (Fsp3) is 0.500. The molecule has 1 fully saturated rings. The van der Waals surface area contributed by atoms with E-state index in [2.05, 4.69) is 15.4 Å². The van der Waals surface area contributed by atoms with E-state index >= 15 is 0 Å². The van der Waals surface area contributed by atoms with Crippen LogP contribution in [0, 0.1) is 5.82 Å². The van der Waals surface area contributed by atoms with Crippen molar-refractivity contribution >= 4 is 11.6 Å². The normalized spacial score (nSPS) is 26.4. The third kappa shape index (κ3) is 2.26. The van der Waals surface area contributed by atoms with E-state index in [0.29, 0.717) is 18.2 Å². The summed E-state index contributed by atoms with van der Waals surface area (Å²) in [6.07, 6.45) is 2.20. The lowest BCUT2D eigenvalue weighted by molar-refractivity contribution is -0.0128. The van der Waals surface area contributed by atoms with Gasteiger partial charge < -0.3 is 15.8 Å². The average molecular weight is 265 g/mol. The summed E-state index contributed by atoms with van der Waals surface area (Å²) in [5, 5.41) is 7.32. The van der Waals surface area contributed by atoms with E-state index in [1.54, 1.807) is 6.07 Å². The standard InChI is InChI=1S/C12H16FN5O/c1-2-19-9-5-8(14)11(9)16-12-15-10-4-3-7(13)6-18(10)17-12/h3-4,6,8-9,11H,2,5,14H2,1H3,(H,16,17). The van der Waals surface area contributed by atoms with Gasteiger partial charge in [0.25, 0.3) is 0 Å². The first-order valence-electron chi connectivity index (χ1n) is 6.33. The molecule has 1 aliphatic carbocycles. The molecule has 0 amide bonds. The smallest absolute Gasteiger partial charge is 0.243 e. The lowest BCUT2D eigenvalue weighted by Crippen LogP contribution is -2.60. The third-order valence-electron chi connectivity index (χ3n) is 3.34. The van der Waals surface area contributed by atoms with Crippen molar-refractivity contribution in [1.82, 2.24) is 14.6 Å². The average Bonchev–Trinajstić information content (AvgIpc) is 2.77. The molecule has 3 rings (SSSR count). The van der Waals surface area contributed by atoms with Gasteiger partial charge in [0.1, 0.15) is 5.82 Å². The van der Waals surface area contributed by atoms with Crippen molar-refractivity contribution in [3.8, 4) is 0 Å². The van der Waals surface area contributed by atoms with Crippen LogP contribution in [0.1, 0.15) is 13.3 Å². The van der Waals surface area contributed by atoms with Gasteiger partial charge in [0.2, 0.25) is 5.95 Å². The highest BCUT2D eigenvalue weighted by molar-refractivity contribution is 5.44. The number of nitrogens with two attached hydrogens (primary N) is 1. The van der Waals surface area contributed by atoms with Crippen molar-refractivity contribution in [2.45, 2.75) is 31.5 Å². The van der Waals surface area contributed by atoms with Crippen molar-refractivity contribution in [3.05, 3.63) is 24.1 Å². The van der Waals surface area contributed by atoms with E-state index in [9.17, 15) is 4.39 Å². The largest absolute Gasteiger partial charge is 0.376 e. The summed E-state index contributed by atoms with van der Waals surface area (Å²) in [6.45, 7) is 2.60. The predicted octanol–water partition coefficient (Wildman–Crippen LogP) is 0.785. The number of ether oxygens (including phenoxy) is 1. The van der Waals surface area contributed by atoms with Crippen LogP contribution in [0.2, 0.25) is 0 Å². The predicted molar refractivity (Wildman–Crippen MR) is 68.4 cm³/mol. The van der Waals surface area contributed by atoms with E-state index in [1.807, 2.05) is 6.92 Å². The molecule has 3 atom stereocenters. The molecule has 2 aromatic heterocycles. The Kier molecular flexibility index (Phi) is 3.08. The quantitative estimate of drug-likeness (QED) is 0.854. The summed E-state index contributed by atoms with van der Waals surface area (Å²) >= 11 is 0. The van der Waals surface area contributed by atoms with Gasteiger partial charge in [0.15, 0.2) is 5.65 Å². The molecule has 3 N–H and O–H groups in total. The van der Waals surface area contributed by atoms with Crippen molar-refractivity contribution < 1.29 is 9.13 Å². The summed E-state index contributed by atoms with van der Waals surface area (Å²) in [7, 11) is 0. The van der Waals surface area contributed by atoms with Crippen LogP contribution in [0.5, 0.6) is 0 Å². The minimum atomic E-state index is -0.350. The fourth-order valence-corrected chi connectivity index (χ4v) is 2.30. The second kappa shape index (κ2) is 4.75. The van der Waals surface area contributed by atoms with Crippen molar-refractivity contribution in [2.75, 3.05) is 11.9 Å². The molecule has 1 saturated carbocycles. The molecule has 0 aliphatic heterocycles. The molecule has 102 valence electrons. The van der Waals surface area contributed by atoms with Crippen LogP contribution in [0.25, 0.3) is 5.65 Å². The number of anilines is 1. The van der Waals surface area contributed by atoms with Gasteiger partial charge >= 0.3 is 0 Å². The monoisotopic (exact) mass is 265 g/mol. The summed E-state index contributed by atoms with van der Waals surface area (Å²) in [5.74, 6) is 0.0898. The third-order valence-corrected chi connectivity index (χ3v) is 3.34. The van der Waals surface area contributed by atoms with Crippen molar-refractivity contribution in [2.24, 2.45) is 5.73 Å². The maximum absolute atomic E-state index is 13.1. The van der Waals surface area contributed by atoms with E-state index in [4.69, 9.17) is 10.5 Å². The highest BCUT2D eigenvalue weighted by atomic mass is 19.1. The molecular weight excluding hydrogens is 249 g/mol. The van der Waals surface area contributed by atoms with Crippen LogP contribution in [-0.2, 0) is 4.74 Å². The molecule has 0 radical (unpaired) electrons. The fourth-order valence-electron chi connectivity index (χ4n) is 2.30. The lowest BCUT2D eigenvalue weighted by Gasteiger charge is -2.42. The Labute approximate surface area is 109 Å². The van der Waals surface area contributed by atoms with Crippen molar-refractivity contribution in [1.29, 1.82) is 0 Å². The Hall–Kier alpha value is -1.73.